The molecule has 0 aliphatic heterocycles. The third-order valence-electron chi connectivity index (χ3n) is 8.88. The molecule has 3 aromatic carbocycles. The number of quaternary nitrogens is 2. The molecule has 284 valence electrons. The van der Waals surface area contributed by atoms with E-state index in [2.05, 4.69) is 42.3 Å². The molecule has 0 saturated carbocycles. The Kier molecular flexibility index (Phi) is 13.5. The smallest absolute Gasteiger partial charge is 0.246 e. The van der Waals surface area contributed by atoms with Gasteiger partial charge >= 0.3 is 0 Å². The largest absolute Gasteiger partial charge is 0.495 e. The highest BCUT2D eigenvalue weighted by atomic mass is 35.5. The summed E-state index contributed by atoms with van der Waals surface area (Å²) in [5.41, 5.74) is 2.22. The summed E-state index contributed by atoms with van der Waals surface area (Å²) in [6.07, 6.45) is 3.01. The van der Waals surface area contributed by atoms with Crippen molar-refractivity contribution in [3.8, 4) is 11.4 Å². The van der Waals surface area contributed by atoms with Crippen LogP contribution in [0.3, 0.4) is 0 Å². The second-order valence-corrected chi connectivity index (χ2v) is 19.2. The van der Waals surface area contributed by atoms with Gasteiger partial charge in [0.05, 0.1) is 79.4 Å². The molecule has 0 aliphatic rings. The van der Waals surface area contributed by atoms with Crippen molar-refractivity contribution in [1.29, 1.82) is 0 Å². The number of halogens is 4. The van der Waals surface area contributed by atoms with E-state index in [1.54, 1.807) is 31.5 Å². The Balaban J connectivity index is 1.71. The lowest BCUT2D eigenvalue weighted by molar-refractivity contribution is -0.870. The zero-order valence-corrected chi connectivity index (χ0v) is 34.7. The number of ether oxygens (including phenoxy) is 1. The fourth-order valence-electron chi connectivity index (χ4n) is 5.87. The molecule has 0 atom stereocenters. The van der Waals surface area contributed by atoms with Gasteiger partial charge in [0.25, 0.3) is 0 Å². The van der Waals surface area contributed by atoms with E-state index in [1.165, 1.54) is 34.3 Å². The predicted molar refractivity (Wildman–Crippen MR) is 208 cm³/mol. The zero-order chi connectivity index (χ0) is 38.6. The first kappa shape index (κ1) is 42.0. The van der Waals surface area contributed by atoms with Crippen molar-refractivity contribution >= 4 is 45.0 Å². The van der Waals surface area contributed by atoms with Crippen molar-refractivity contribution in [1.82, 2.24) is 13.9 Å². The van der Waals surface area contributed by atoms with Crippen molar-refractivity contribution in [3.63, 3.8) is 0 Å². The predicted octanol–water partition coefficient (Wildman–Crippen LogP) is 8.27. The molecule has 0 fully saturated rings. The number of rotatable bonds is 17. The highest BCUT2D eigenvalue weighted by molar-refractivity contribution is 7.98. The molecule has 0 bridgehead atoms. The molecule has 0 aliphatic carbocycles. The van der Waals surface area contributed by atoms with Crippen molar-refractivity contribution in [2.24, 2.45) is 0 Å². The van der Waals surface area contributed by atoms with Crippen molar-refractivity contribution in [3.05, 3.63) is 99.3 Å². The van der Waals surface area contributed by atoms with Gasteiger partial charge in [-0.05, 0) is 59.7 Å². The minimum atomic E-state index is -4.20. The van der Waals surface area contributed by atoms with Gasteiger partial charge in [-0.2, -0.15) is 4.31 Å². The Morgan fingerprint density at radius 1 is 0.885 bits per heavy atom. The first-order chi connectivity index (χ1) is 24.1. The summed E-state index contributed by atoms with van der Waals surface area (Å²) in [6, 6.07) is 14.1. The van der Waals surface area contributed by atoms with Crippen LogP contribution >= 0.6 is 35.0 Å². The van der Waals surface area contributed by atoms with Gasteiger partial charge in [0.2, 0.25) is 10.0 Å². The number of thioether (sulfide) groups is 1. The molecule has 1 heterocycles. The van der Waals surface area contributed by atoms with Crippen LogP contribution in [0.25, 0.3) is 5.69 Å². The van der Waals surface area contributed by atoms with Gasteiger partial charge in [0.1, 0.15) is 22.3 Å². The van der Waals surface area contributed by atoms with E-state index in [0.717, 1.165) is 30.4 Å². The Morgan fingerprint density at radius 3 is 2.04 bits per heavy atom. The minimum Gasteiger partial charge on any atom is -0.495 e. The quantitative estimate of drug-likeness (QED) is 0.0796. The fourth-order valence-corrected chi connectivity index (χ4v) is 8.96. The molecule has 0 N–H and O–H groups in total. The molecule has 0 saturated heterocycles. The second-order valence-electron chi connectivity index (χ2n) is 15.5. The molecule has 4 aromatic rings. The van der Waals surface area contributed by atoms with Gasteiger partial charge in [-0.1, -0.05) is 54.9 Å². The standard InChI is InChI=1S/C38H51Cl2F2N5O3S2/c1-38(2,28-12-17-31(39)34(23-28)50-9)36-25-43-37(45(36)30-15-13-29(41)14-16-30)51-26-27-22-35(33(42)24-32(27)40)52(48,49)44(18-10-20-46(3,4)5)19-11-21-47(6,7)8/h12-17,22-25H,10-11,18-21,26H2,1-9H3/q+2. The molecule has 0 radical (unpaired) electrons. The lowest BCUT2D eigenvalue weighted by Gasteiger charge is -2.28. The molecule has 52 heavy (non-hydrogen) atoms. The van der Waals surface area contributed by atoms with Gasteiger partial charge < -0.3 is 13.7 Å². The van der Waals surface area contributed by atoms with E-state index in [9.17, 15) is 12.8 Å². The van der Waals surface area contributed by atoms with Crippen LogP contribution in [-0.4, -0.2) is 107 Å². The molecular formula is C38H51Cl2F2N5O3S2+2. The number of benzene rings is 3. The van der Waals surface area contributed by atoms with Gasteiger partial charge in [-0.25, -0.2) is 22.2 Å². The third kappa shape index (κ3) is 10.5. The highest BCUT2D eigenvalue weighted by Gasteiger charge is 2.32. The van der Waals surface area contributed by atoms with Crippen LogP contribution in [0.5, 0.6) is 5.75 Å². The lowest BCUT2D eigenvalue weighted by Crippen LogP contribution is -2.41. The fraction of sp³-hybridized carbons (Fsp3) is 0.447. The summed E-state index contributed by atoms with van der Waals surface area (Å²) in [5.74, 6) is -0.543. The number of sulfonamides is 1. The molecule has 8 nitrogen and oxygen atoms in total. The topological polar surface area (TPSA) is 64.4 Å². The van der Waals surface area contributed by atoms with E-state index in [0.29, 0.717) is 49.0 Å². The van der Waals surface area contributed by atoms with E-state index in [-0.39, 0.29) is 29.7 Å². The maximum atomic E-state index is 15.6. The van der Waals surface area contributed by atoms with E-state index in [4.69, 9.17) is 32.9 Å². The maximum Gasteiger partial charge on any atom is 0.246 e. The average molecular weight is 799 g/mol. The minimum absolute atomic E-state index is 0.110. The molecule has 0 amide bonds. The summed E-state index contributed by atoms with van der Waals surface area (Å²) >= 11 is 14.2. The number of nitrogens with zero attached hydrogens (tertiary/aromatic N) is 5. The Bertz CT molecular complexity index is 1940. The Hall–Kier alpha value is -2.71. The Labute approximate surface area is 322 Å². The molecule has 0 spiro atoms. The molecule has 14 heteroatoms. The number of methoxy groups -OCH3 is 1. The normalized spacial score (nSPS) is 12.9. The van der Waals surface area contributed by atoms with Gasteiger partial charge in [0.15, 0.2) is 5.16 Å². The van der Waals surface area contributed by atoms with Gasteiger partial charge in [-0.15, -0.1) is 0 Å². The van der Waals surface area contributed by atoms with Gasteiger partial charge in [0, 0.05) is 47.8 Å². The number of hydrogen-bond acceptors (Lipinski definition) is 5. The maximum absolute atomic E-state index is 15.6. The van der Waals surface area contributed by atoms with Crippen molar-refractivity contribution in [2.75, 3.05) is 75.6 Å². The van der Waals surface area contributed by atoms with Crippen LogP contribution in [0.1, 0.15) is 43.5 Å². The summed E-state index contributed by atoms with van der Waals surface area (Å²) in [5, 5.41) is 1.15. The van der Waals surface area contributed by atoms with Crippen LogP contribution in [0.15, 0.2) is 70.8 Å². The zero-order valence-electron chi connectivity index (χ0n) is 31.5. The molecule has 0 unspecified atom stereocenters. The van der Waals surface area contributed by atoms with Gasteiger partial charge in [-0.3, -0.25) is 4.57 Å². The molecule has 1 aromatic heterocycles. The van der Waals surface area contributed by atoms with Crippen LogP contribution in [-0.2, 0) is 21.2 Å². The molecule has 4 rings (SSSR count). The highest BCUT2D eigenvalue weighted by Crippen LogP contribution is 2.40. The summed E-state index contributed by atoms with van der Waals surface area (Å²) < 4.78 is 68.2. The Morgan fingerprint density at radius 2 is 1.48 bits per heavy atom. The van der Waals surface area contributed by atoms with E-state index < -0.39 is 26.2 Å². The lowest BCUT2D eigenvalue weighted by atomic mass is 9.81. The first-order valence-electron chi connectivity index (χ1n) is 17.0. The van der Waals surface area contributed by atoms with Crippen molar-refractivity contribution in [2.45, 2.75) is 47.9 Å². The monoisotopic (exact) mass is 797 g/mol. The third-order valence-corrected chi connectivity index (χ3v) is 12.5. The second kappa shape index (κ2) is 16.8. The SMILES string of the molecule is COc1cc(C(C)(C)c2cnc(SCc3cc(S(=O)(=O)N(CCC[N+](C)(C)C)CCC[N+](C)(C)C)c(F)cc3Cl)n2-c2ccc(F)cc2)ccc1Cl. The van der Waals surface area contributed by atoms with E-state index in [1.807, 2.05) is 30.5 Å². The van der Waals surface area contributed by atoms with Crippen LogP contribution in [0, 0.1) is 11.6 Å². The summed E-state index contributed by atoms with van der Waals surface area (Å²) in [6.45, 7) is 6.15. The van der Waals surface area contributed by atoms with E-state index >= 15 is 4.39 Å². The van der Waals surface area contributed by atoms with Crippen LogP contribution in [0.2, 0.25) is 10.0 Å². The van der Waals surface area contributed by atoms with Crippen LogP contribution < -0.4 is 4.74 Å². The number of aromatic nitrogens is 2. The number of imidazole rings is 1. The average Bonchev–Trinajstić information content (AvgIpc) is 3.47. The molecular weight excluding hydrogens is 747 g/mol. The first-order valence-corrected chi connectivity index (χ1v) is 20.2. The van der Waals surface area contributed by atoms with Crippen LogP contribution in [0.4, 0.5) is 8.78 Å². The number of hydrogen-bond donors (Lipinski definition) is 0. The summed E-state index contributed by atoms with van der Waals surface area (Å²) in [7, 11) is 9.69. The summed E-state index contributed by atoms with van der Waals surface area (Å²) in [4.78, 5) is 4.36. The van der Waals surface area contributed by atoms with Crippen molar-refractivity contribution < 1.29 is 30.9 Å².